The quantitative estimate of drug-likeness (QED) is 0.437. The van der Waals surface area contributed by atoms with E-state index in [1.807, 2.05) is 24.3 Å². The SMILES string of the molecule is CCCSc1nc2sc3c(c2c(=O)n1-c1ccc(Cl)cc1)CCCC3. The van der Waals surface area contributed by atoms with Crippen molar-refractivity contribution in [3.63, 3.8) is 0 Å². The summed E-state index contributed by atoms with van der Waals surface area (Å²) in [4.78, 5) is 20.6. The number of aromatic nitrogens is 2. The van der Waals surface area contributed by atoms with Gasteiger partial charge in [0, 0.05) is 15.7 Å². The van der Waals surface area contributed by atoms with E-state index in [1.54, 1.807) is 27.7 Å². The van der Waals surface area contributed by atoms with Crippen LogP contribution in [0.15, 0.2) is 34.2 Å². The van der Waals surface area contributed by atoms with E-state index >= 15 is 0 Å². The minimum absolute atomic E-state index is 0.0605. The van der Waals surface area contributed by atoms with Gasteiger partial charge < -0.3 is 0 Å². The molecule has 2 aromatic heterocycles. The van der Waals surface area contributed by atoms with Crippen molar-refractivity contribution in [2.75, 3.05) is 5.75 Å². The molecular formula is C19H19ClN2OS2. The molecule has 2 heterocycles. The first-order valence-corrected chi connectivity index (χ1v) is 10.8. The molecule has 0 radical (unpaired) electrons. The number of benzene rings is 1. The van der Waals surface area contributed by atoms with Crippen LogP contribution in [-0.2, 0) is 12.8 Å². The molecule has 0 amide bonds. The topological polar surface area (TPSA) is 34.9 Å². The number of thioether (sulfide) groups is 1. The summed E-state index contributed by atoms with van der Waals surface area (Å²) in [5, 5.41) is 2.28. The Morgan fingerprint density at radius 2 is 2.00 bits per heavy atom. The molecule has 0 fully saturated rings. The van der Waals surface area contributed by atoms with Gasteiger partial charge in [-0.15, -0.1) is 11.3 Å². The Morgan fingerprint density at radius 3 is 2.76 bits per heavy atom. The molecule has 25 heavy (non-hydrogen) atoms. The minimum atomic E-state index is 0.0605. The van der Waals surface area contributed by atoms with Gasteiger partial charge in [0.1, 0.15) is 4.83 Å². The van der Waals surface area contributed by atoms with Crippen molar-refractivity contribution in [2.24, 2.45) is 0 Å². The Balaban J connectivity index is 1.98. The lowest BCUT2D eigenvalue weighted by molar-refractivity contribution is 0.699. The fourth-order valence-electron chi connectivity index (χ4n) is 3.29. The normalized spacial score (nSPS) is 14.0. The van der Waals surface area contributed by atoms with E-state index in [9.17, 15) is 4.79 Å². The average Bonchev–Trinajstić information content (AvgIpc) is 2.99. The van der Waals surface area contributed by atoms with E-state index in [2.05, 4.69) is 6.92 Å². The predicted molar refractivity (Wildman–Crippen MR) is 108 cm³/mol. The molecule has 0 spiro atoms. The Hall–Kier alpha value is -1.30. The Labute approximate surface area is 160 Å². The maximum atomic E-state index is 13.4. The third-order valence-corrected chi connectivity index (χ3v) is 7.06. The molecule has 6 heteroatoms. The number of hydrogen-bond acceptors (Lipinski definition) is 4. The Bertz CT molecular complexity index is 976. The number of fused-ring (bicyclic) bond motifs is 3. The number of nitrogens with zero attached hydrogens (tertiary/aromatic N) is 2. The van der Waals surface area contributed by atoms with Gasteiger partial charge in [-0.05, 0) is 61.9 Å². The van der Waals surface area contributed by atoms with Crippen LogP contribution in [0.4, 0.5) is 0 Å². The number of aryl methyl sites for hydroxylation is 2. The number of halogens is 1. The average molecular weight is 391 g/mol. The van der Waals surface area contributed by atoms with Crippen LogP contribution in [-0.4, -0.2) is 15.3 Å². The van der Waals surface area contributed by atoms with E-state index in [4.69, 9.17) is 16.6 Å². The van der Waals surface area contributed by atoms with Gasteiger partial charge in [-0.25, -0.2) is 4.98 Å². The highest BCUT2D eigenvalue weighted by molar-refractivity contribution is 7.99. The second kappa shape index (κ2) is 7.14. The zero-order valence-electron chi connectivity index (χ0n) is 14.0. The second-order valence-electron chi connectivity index (χ2n) is 6.25. The van der Waals surface area contributed by atoms with Crippen LogP contribution in [0.2, 0.25) is 5.02 Å². The summed E-state index contributed by atoms with van der Waals surface area (Å²) in [5.74, 6) is 0.941. The van der Waals surface area contributed by atoms with Gasteiger partial charge in [-0.3, -0.25) is 9.36 Å². The van der Waals surface area contributed by atoms with Crippen molar-refractivity contribution in [3.8, 4) is 5.69 Å². The summed E-state index contributed by atoms with van der Waals surface area (Å²) in [5.41, 5.74) is 2.13. The van der Waals surface area contributed by atoms with Crippen LogP contribution in [0.25, 0.3) is 15.9 Å². The van der Waals surface area contributed by atoms with Crippen LogP contribution in [0, 0.1) is 0 Å². The molecule has 0 unspecified atom stereocenters. The summed E-state index contributed by atoms with van der Waals surface area (Å²) in [6.07, 6.45) is 5.48. The van der Waals surface area contributed by atoms with Crippen LogP contribution < -0.4 is 5.56 Å². The van der Waals surface area contributed by atoms with Gasteiger partial charge in [0.05, 0.1) is 11.1 Å². The molecule has 3 nitrogen and oxygen atoms in total. The van der Waals surface area contributed by atoms with Gasteiger partial charge in [-0.2, -0.15) is 0 Å². The van der Waals surface area contributed by atoms with E-state index in [-0.39, 0.29) is 5.56 Å². The summed E-state index contributed by atoms with van der Waals surface area (Å²) in [6.45, 7) is 2.14. The number of rotatable bonds is 4. The second-order valence-corrected chi connectivity index (χ2v) is 8.83. The number of thiophene rings is 1. The van der Waals surface area contributed by atoms with E-state index in [0.717, 1.165) is 52.5 Å². The molecule has 0 N–H and O–H groups in total. The van der Waals surface area contributed by atoms with Gasteiger partial charge in [0.15, 0.2) is 5.16 Å². The van der Waals surface area contributed by atoms with Crippen molar-refractivity contribution in [1.29, 1.82) is 0 Å². The lowest BCUT2D eigenvalue weighted by Crippen LogP contribution is -2.22. The summed E-state index contributed by atoms with van der Waals surface area (Å²) >= 11 is 9.38. The molecule has 1 aliphatic rings. The molecule has 130 valence electrons. The third kappa shape index (κ3) is 3.14. The van der Waals surface area contributed by atoms with Gasteiger partial charge in [0.25, 0.3) is 5.56 Å². The van der Waals surface area contributed by atoms with Gasteiger partial charge >= 0.3 is 0 Å². The summed E-state index contributed by atoms with van der Waals surface area (Å²) in [7, 11) is 0. The molecular weight excluding hydrogens is 372 g/mol. The van der Waals surface area contributed by atoms with Crippen molar-refractivity contribution < 1.29 is 0 Å². The Morgan fingerprint density at radius 1 is 1.24 bits per heavy atom. The highest BCUT2D eigenvalue weighted by Crippen LogP contribution is 2.35. The molecule has 0 aliphatic heterocycles. The van der Waals surface area contributed by atoms with Crippen LogP contribution in [0.5, 0.6) is 0 Å². The molecule has 0 atom stereocenters. The predicted octanol–water partition coefficient (Wildman–Crippen LogP) is 5.48. The standard InChI is InChI=1S/C19H19ClN2OS2/c1-2-11-24-19-21-17-16(14-5-3-4-6-15(14)25-17)18(23)22(19)13-9-7-12(20)8-10-13/h7-10H,2-6,11H2,1H3. The number of hydrogen-bond donors (Lipinski definition) is 0. The van der Waals surface area contributed by atoms with Crippen LogP contribution in [0.1, 0.15) is 36.6 Å². The first-order chi connectivity index (χ1) is 12.2. The van der Waals surface area contributed by atoms with Gasteiger partial charge in [0.2, 0.25) is 0 Å². The van der Waals surface area contributed by atoms with Crippen molar-refractivity contribution in [3.05, 3.63) is 50.1 Å². The lowest BCUT2D eigenvalue weighted by Gasteiger charge is -2.13. The third-order valence-electron chi connectivity index (χ3n) is 4.48. The highest BCUT2D eigenvalue weighted by atomic mass is 35.5. The largest absolute Gasteiger partial charge is 0.268 e. The van der Waals surface area contributed by atoms with E-state index in [1.165, 1.54) is 16.9 Å². The van der Waals surface area contributed by atoms with E-state index in [0.29, 0.717) is 5.02 Å². The fourth-order valence-corrected chi connectivity index (χ4v) is 5.59. The van der Waals surface area contributed by atoms with Crippen LogP contribution in [0.3, 0.4) is 0 Å². The molecule has 0 saturated heterocycles. The molecule has 1 aromatic carbocycles. The first-order valence-electron chi connectivity index (χ1n) is 8.65. The summed E-state index contributed by atoms with van der Waals surface area (Å²) in [6, 6.07) is 7.44. The monoisotopic (exact) mass is 390 g/mol. The lowest BCUT2D eigenvalue weighted by atomic mass is 9.97. The Kier molecular flexibility index (Phi) is 4.89. The van der Waals surface area contributed by atoms with Crippen molar-refractivity contribution in [2.45, 2.75) is 44.2 Å². The molecule has 4 rings (SSSR count). The maximum absolute atomic E-state index is 13.4. The fraction of sp³-hybridized carbons (Fsp3) is 0.368. The molecule has 0 saturated carbocycles. The minimum Gasteiger partial charge on any atom is -0.268 e. The zero-order chi connectivity index (χ0) is 17.4. The highest BCUT2D eigenvalue weighted by Gasteiger charge is 2.22. The van der Waals surface area contributed by atoms with Crippen molar-refractivity contribution >= 4 is 44.9 Å². The summed E-state index contributed by atoms with van der Waals surface area (Å²) < 4.78 is 1.76. The maximum Gasteiger partial charge on any atom is 0.267 e. The van der Waals surface area contributed by atoms with Gasteiger partial charge in [-0.1, -0.05) is 30.3 Å². The van der Waals surface area contributed by atoms with Crippen molar-refractivity contribution in [1.82, 2.24) is 9.55 Å². The molecule has 1 aliphatic carbocycles. The zero-order valence-corrected chi connectivity index (χ0v) is 16.4. The first kappa shape index (κ1) is 17.1. The molecule has 0 bridgehead atoms. The smallest absolute Gasteiger partial charge is 0.267 e. The molecule has 3 aromatic rings. The van der Waals surface area contributed by atoms with E-state index < -0.39 is 0 Å². The van der Waals surface area contributed by atoms with Crippen LogP contribution >= 0.6 is 34.7 Å².